The Morgan fingerprint density at radius 3 is 3.04 bits per heavy atom. The molecule has 1 heterocycles. The number of nitrogens with zero attached hydrogens (tertiary/aromatic N) is 2. The molecule has 2 N–H and O–H groups in total. The van der Waals surface area contributed by atoms with Crippen LogP contribution < -0.4 is 10.1 Å². The van der Waals surface area contributed by atoms with Gasteiger partial charge in [0.15, 0.2) is 12.4 Å². The molecule has 0 saturated heterocycles. The third-order valence-corrected chi connectivity index (χ3v) is 4.60. The van der Waals surface area contributed by atoms with Gasteiger partial charge in [0, 0.05) is 5.56 Å². The molecule has 0 fully saturated rings. The third kappa shape index (κ3) is 3.59. The molecule has 0 bridgehead atoms. The van der Waals surface area contributed by atoms with Gasteiger partial charge in [-0.2, -0.15) is 5.10 Å². The molecule has 1 aliphatic rings. The average Bonchev–Trinajstić information content (AvgIpc) is 3.22. The van der Waals surface area contributed by atoms with E-state index in [4.69, 9.17) is 4.74 Å². The number of benzene rings is 2. The Morgan fingerprint density at radius 1 is 1.23 bits per heavy atom. The second kappa shape index (κ2) is 7.39. The Balaban J connectivity index is 1.37. The molecule has 0 spiro atoms. The Labute approximate surface area is 151 Å². The zero-order chi connectivity index (χ0) is 17.8. The fourth-order valence-corrected chi connectivity index (χ4v) is 3.37. The first kappa shape index (κ1) is 16.3. The lowest BCUT2D eigenvalue weighted by Gasteiger charge is -2.26. The lowest BCUT2D eigenvalue weighted by Crippen LogP contribution is -2.34. The summed E-state index contributed by atoms with van der Waals surface area (Å²) in [5, 5.41) is 9.75. The number of carbonyl (C=O) groups is 1. The van der Waals surface area contributed by atoms with E-state index < -0.39 is 0 Å². The Hall–Kier alpha value is -3.15. The zero-order valence-electron chi connectivity index (χ0n) is 14.3. The van der Waals surface area contributed by atoms with E-state index in [0.29, 0.717) is 11.6 Å². The highest BCUT2D eigenvalue weighted by Gasteiger charge is 2.21. The van der Waals surface area contributed by atoms with Crippen molar-refractivity contribution in [2.24, 2.45) is 0 Å². The van der Waals surface area contributed by atoms with Crippen LogP contribution in [0.3, 0.4) is 0 Å². The van der Waals surface area contributed by atoms with Crippen LogP contribution in [0.1, 0.15) is 30.0 Å². The number of hydrogen-bond acceptors (Lipinski definition) is 4. The lowest BCUT2D eigenvalue weighted by atomic mass is 9.88. The molecule has 6 heteroatoms. The SMILES string of the molecule is O=C(COc1cccc(-c2ncn[nH]2)c1)N[C@@H]1CCCc2ccccc21. The maximum Gasteiger partial charge on any atom is 0.258 e. The molecule has 0 saturated carbocycles. The van der Waals surface area contributed by atoms with Crippen LogP contribution in [-0.4, -0.2) is 27.7 Å². The standard InChI is InChI=1S/C20H20N4O2/c25-19(23-18-10-4-6-14-5-1-2-9-17(14)18)12-26-16-8-3-7-15(11-16)20-21-13-22-24-20/h1-3,5,7-9,11,13,18H,4,6,10,12H2,(H,23,25)(H,21,22,24)/t18-/m1/s1. The molecule has 1 amide bonds. The first-order chi connectivity index (χ1) is 12.8. The van der Waals surface area contributed by atoms with Crippen molar-refractivity contribution in [1.29, 1.82) is 0 Å². The number of carbonyl (C=O) groups excluding carboxylic acids is 1. The smallest absolute Gasteiger partial charge is 0.258 e. The van der Waals surface area contributed by atoms with E-state index in [-0.39, 0.29) is 18.6 Å². The molecular weight excluding hydrogens is 328 g/mol. The van der Waals surface area contributed by atoms with Crippen molar-refractivity contribution in [2.75, 3.05) is 6.61 Å². The number of ether oxygens (including phenoxy) is 1. The lowest BCUT2D eigenvalue weighted by molar-refractivity contribution is -0.123. The van der Waals surface area contributed by atoms with Crippen LogP contribution in [0, 0.1) is 0 Å². The van der Waals surface area contributed by atoms with Crippen molar-refractivity contribution >= 4 is 5.91 Å². The minimum atomic E-state index is -0.114. The topological polar surface area (TPSA) is 79.9 Å². The number of fused-ring (bicyclic) bond motifs is 1. The van der Waals surface area contributed by atoms with Gasteiger partial charge in [-0.25, -0.2) is 4.98 Å². The molecule has 3 aromatic rings. The van der Waals surface area contributed by atoms with Crippen LogP contribution in [0.25, 0.3) is 11.4 Å². The molecule has 1 atom stereocenters. The van der Waals surface area contributed by atoms with Gasteiger partial charge < -0.3 is 10.1 Å². The van der Waals surface area contributed by atoms with E-state index >= 15 is 0 Å². The summed E-state index contributed by atoms with van der Waals surface area (Å²) in [7, 11) is 0. The Kier molecular flexibility index (Phi) is 4.64. The second-order valence-electron chi connectivity index (χ2n) is 6.36. The van der Waals surface area contributed by atoms with Crippen molar-refractivity contribution in [3.8, 4) is 17.1 Å². The number of hydrogen-bond donors (Lipinski definition) is 2. The van der Waals surface area contributed by atoms with E-state index in [1.807, 2.05) is 36.4 Å². The molecule has 2 aromatic carbocycles. The highest BCUT2D eigenvalue weighted by molar-refractivity contribution is 5.78. The number of rotatable bonds is 5. The highest BCUT2D eigenvalue weighted by atomic mass is 16.5. The fourth-order valence-electron chi connectivity index (χ4n) is 3.37. The summed E-state index contributed by atoms with van der Waals surface area (Å²) in [5.41, 5.74) is 3.41. The van der Waals surface area contributed by atoms with Gasteiger partial charge in [0.05, 0.1) is 6.04 Å². The first-order valence-electron chi connectivity index (χ1n) is 8.75. The van der Waals surface area contributed by atoms with Gasteiger partial charge >= 0.3 is 0 Å². The van der Waals surface area contributed by atoms with E-state index in [0.717, 1.165) is 24.8 Å². The average molecular weight is 348 g/mol. The van der Waals surface area contributed by atoms with Gasteiger partial charge in [0.1, 0.15) is 12.1 Å². The zero-order valence-corrected chi connectivity index (χ0v) is 14.3. The monoisotopic (exact) mass is 348 g/mol. The number of aromatic amines is 1. The fraction of sp³-hybridized carbons (Fsp3) is 0.250. The van der Waals surface area contributed by atoms with E-state index in [1.165, 1.54) is 17.5 Å². The van der Waals surface area contributed by atoms with E-state index in [9.17, 15) is 4.79 Å². The molecule has 0 radical (unpaired) electrons. The van der Waals surface area contributed by atoms with Gasteiger partial charge in [-0.3, -0.25) is 9.89 Å². The summed E-state index contributed by atoms with van der Waals surface area (Å²) in [4.78, 5) is 16.5. The van der Waals surface area contributed by atoms with Gasteiger partial charge in [0.25, 0.3) is 5.91 Å². The predicted molar refractivity (Wildman–Crippen MR) is 97.6 cm³/mol. The number of aromatic nitrogens is 3. The third-order valence-electron chi connectivity index (χ3n) is 4.60. The van der Waals surface area contributed by atoms with Crippen molar-refractivity contribution in [3.63, 3.8) is 0 Å². The Morgan fingerprint density at radius 2 is 2.15 bits per heavy atom. The van der Waals surface area contributed by atoms with E-state index in [2.05, 4.69) is 32.6 Å². The van der Waals surface area contributed by atoms with Gasteiger partial charge in [0.2, 0.25) is 0 Å². The molecule has 26 heavy (non-hydrogen) atoms. The van der Waals surface area contributed by atoms with Crippen LogP contribution in [0.4, 0.5) is 0 Å². The highest BCUT2D eigenvalue weighted by Crippen LogP contribution is 2.29. The van der Waals surface area contributed by atoms with Crippen LogP contribution >= 0.6 is 0 Å². The molecule has 6 nitrogen and oxygen atoms in total. The van der Waals surface area contributed by atoms with Gasteiger partial charge in [-0.05, 0) is 42.5 Å². The summed E-state index contributed by atoms with van der Waals surface area (Å²) in [6.07, 6.45) is 4.58. The summed E-state index contributed by atoms with van der Waals surface area (Å²) in [6, 6.07) is 15.8. The van der Waals surface area contributed by atoms with E-state index in [1.54, 1.807) is 0 Å². The molecule has 0 unspecified atom stereocenters. The van der Waals surface area contributed by atoms with Crippen LogP contribution in [0.15, 0.2) is 54.9 Å². The van der Waals surface area contributed by atoms with Crippen molar-refractivity contribution < 1.29 is 9.53 Å². The first-order valence-corrected chi connectivity index (χ1v) is 8.75. The molecule has 1 aromatic heterocycles. The molecule has 0 aliphatic heterocycles. The van der Waals surface area contributed by atoms with Crippen LogP contribution in [0.2, 0.25) is 0 Å². The maximum absolute atomic E-state index is 12.3. The number of H-pyrrole nitrogens is 1. The van der Waals surface area contributed by atoms with Crippen LogP contribution in [0.5, 0.6) is 5.75 Å². The predicted octanol–water partition coefficient (Wildman–Crippen LogP) is 3.04. The second-order valence-corrected chi connectivity index (χ2v) is 6.36. The molecule has 132 valence electrons. The largest absolute Gasteiger partial charge is 0.484 e. The van der Waals surface area contributed by atoms with Crippen molar-refractivity contribution in [3.05, 3.63) is 66.0 Å². The van der Waals surface area contributed by atoms with Crippen molar-refractivity contribution in [1.82, 2.24) is 20.5 Å². The van der Waals surface area contributed by atoms with Gasteiger partial charge in [-0.1, -0.05) is 36.4 Å². The quantitative estimate of drug-likeness (QED) is 0.743. The minimum absolute atomic E-state index is 0.0154. The molecule has 4 rings (SSSR count). The van der Waals surface area contributed by atoms with Crippen molar-refractivity contribution in [2.45, 2.75) is 25.3 Å². The van der Waals surface area contributed by atoms with Gasteiger partial charge in [-0.15, -0.1) is 0 Å². The maximum atomic E-state index is 12.3. The summed E-state index contributed by atoms with van der Waals surface area (Å²) in [6.45, 7) is -0.0154. The number of nitrogens with one attached hydrogen (secondary N) is 2. The summed E-state index contributed by atoms with van der Waals surface area (Å²) >= 11 is 0. The number of aryl methyl sites for hydroxylation is 1. The Bertz CT molecular complexity index is 892. The normalized spacial score (nSPS) is 15.9. The molecule has 1 aliphatic carbocycles. The summed E-state index contributed by atoms with van der Waals surface area (Å²) in [5.74, 6) is 1.17. The minimum Gasteiger partial charge on any atom is -0.484 e. The molecular formula is C20H20N4O2. The summed E-state index contributed by atoms with van der Waals surface area (Å²) < 4.78 is 5.66. The van der Waals surface area contributed by atoms with Crippen LogP contribution in [-0.2, 0) is 11.2 Å². The number of amides is 1.